The second-order valence-corrected chi connectivity index (χ2v) is 8.88. The third-order valence-corrected chi connectivity index (χ3v) is 6.11. The number of benzene rings is 2. The number of phenolic OH excluding ortho intramolecular Hbond substituents is 2. The summed E-state index contributed by atoms with van der Waals surface area (Å²) in [5.41, 5.74) is 1.32. The Morgan fingerprint density at radius 3 is 2.41 bits per heavy atom. The summed E-state index contributed by atoms with van der Waals surface area (Å²) in [6.07, 6.45) is 4.17. The van der Waals surface area contributed by atoms with E-state index in [1.54, 1.807) is 30.5 Å². The molecule has 0 aliphatic heterocycles. The lowest BCUT2D eigenvalue weighted by molar-refractivity contribution is 0.425. The molecule has 0 saturated carbocycles. The van der Waals surface area contributed by atoms with E-state index in [1.165, 1.54) is 29.9 Å². The summed E-state index contributed by atoms with van der Waals surface area (Å²) in [6.45, 7) is 0.256. The number of pyridine rings is 1. The fraction of sp³-hybridized carbons (Fsp3) is 0.150. The summed E-state index contributed by atoms with van der Waals surface area (Å²) < 4.78 is 27.2. The normalized spacial score (nSPS) is 11.9. The number of sulfonamides is 1. The van der Waals surface area contributed by atoms with Gasteiger partial charge in [0.2, 0.25) is 15.9 Å². The molecule has 0 spiro atoms. The van der Waals surface area contributed by atoms with Crippen LogP contribution in [0.5, 0.6) is 17.4 Å². The molecular weight excluding hydrogens is 394 g/mol. The van der Waals surface area contributed by atoms with Crippen molar-refractivity contribution in [1.82, 2.24) is 9.55 Å². The Morgan fingerprint density at radius 2 is 1.76 bits per heavy atom. The van der Waals surface area contributed by atoms with Crippen LogP contribution in [0.25, 0.3) is 21.7 Å². The SMILES string of the molecule is CN(c1c2cccnc2c(O)c2c(O)n(Cc3ccc(O)cc3)cc12)S(C)(=O)=O. The average Bonchev–Trinajstić information content (AvgIpc) is 2.99. The highest BCUT2D eigenvalue weighted by Gasteiger charge is 2.25. The molecular formula is C20H19N3O5S. The van der Waals surface area contributed by atoms with Gasteiger partial charge in [-0.05, 0) is 29.8 Å². The molecule has 0 fully saturated rings. The Morgan fingerprint density at radius 1 is 1.07 bits per heavy atom. The number of hydrogen-bond donors (Lipinski definition) is 3. The second-order valence-electron chi connectivity index (χ2n) is 6.86. The van der Waals surface area contributed by atoms with Crippen LogP contribution in [0.4, 0.5) is 5.69 Å². The zero-order chi connectivity index (χ0) is 20.9. The maximum absolute atomic E-state index is 12.3. The number of phenols is 2. The van der Waals surface area contributed by atoms with Crippen LogP contribution >= 0.6 is 0 Å². The Hall–Kier alpha value is -3.46. The maximum atomic E-state index is 12.3. The van der Waals surface area contributed by atoms with Crippen LogP contribution in [-0.4, -0.2) is 46.6 Å². The number of nitrogens with zero attached hydrogens (tertiary/aromatic N) is 3. The van der Waals surface area contributed by atoms with Crippen molar-refractivity contribution >= 4 is 37.4 Å². The predicted molar refractivity (Wildman–Crippen MR) is 111 cm³/mol. The number of aromatic nitrogens is 2. The van der Waals surface area contributed by atoms with Gasteiger partial charge in [-0.3, -0.25) is 9.29 Å². The van der Waals surface area contributed by atoms with Gasteiger partial charge in [0.15, 0.2) is 5.75 Å². The third-order valence-electron chi connectivity index (χ3n) is 4.93. The quantitative estimate of drug-likeness (QED) is 0.474. The van der Waals surface area contributed by atoms with Crippen molar-refractivity contribution in [3.8, 4) is 17.4 Å². The van der Waals surface area contributed by atoms with Gasteiger partial charge in [-0.1, -0.05) is 12.1 Å². The van der Waals surface area contributed by atoms with Gasteiger partial charge in [-0.2, -0.15) is 0 Å². The van der Waals surface area contributed by atoms with E-state index in [0.29, 0.717) is 16.5 Å². The Labute approximate surface area is 166 Å². The van der Waals surface area contributed by atoms with E-state index in [4.69, 9.17) is 0 Å². The molecule has 4 rings (SSSR count). The summed E-state index contributed by atoms with van der Waals surface area (Å²) in [7, 11) is -2.20. The number of rotatable bonds is 4. The number of fused-ring (bicyclic) bond motifs is 2. The largest absolute Gasteiger partial charge is 0.508 e. The Bertz CT molecular complexity index is 1340. The van der Waals surface area contributed by atoms with E-state index in [0.717, 1.165) is 16.1 Å². The molecule has 29 heavy (non-hydrogen) atoms. The number of hydrogen-bond acceptors (Lipinski definition) is 6. The van der Waals surface area contributed by atoms with E-state index in [1.807, 2.05) is 0 Å². The molecule has 0 aliphatic rings. The smallest absolute Gasteiger partial charge is 0.232 e. The average molecular weight is 413 g/mol. The van der Waals surface area contributed by atoms with Gasteiger partial charge in [0.25, 0.3) is 0 Å². The van der Waals surface area contributed by atoms with Crippen LogP contribution < -0.4 is 4.31 Å². The highest BCUT2D eigenvalue weighted by atomic mass is 32.2. The molecule has 0 saturated heterocycles. The monoisotopic (exact) mass is 413 g/mol. The van der Waals surface area contributed by atoms with Gasteiger partial charge in [-0.25, -0.2) is 8.42 Å². The molecule has 0 atom stereocenters. The highest BCUT2D eigenvalue weighted by Crippen LogP contribution is 2.46. The molecule has 0 bridgehead atoms. The summed E-state index contributed by atoms with van der Waals surface area (Å²) in [4.78, 5) is 4.18. The predicted octanol–water partition coefficient (Wildman–Crippen LogP) is 2.75. The first-order valence-corrected chi connectivity index (χ1v) is 10.6. The van der Waals surface area contributed by atoms with Gasteiger partial charge < -0.3 is 19.9 Å². The van der Waals surface area contributed by atoms with E-state index in [2.05, 4.69) is 4.98 Å². The molecule has 8 nitrogen and oxygen atoms in total. The molecule has 2 aromatic carbocycles. The van der Waals surface area contributed by atoms with Crippen molar-refractivity contribution in [2.45, 2.75) is 6.54 Å². The van der Waals surface area contributed by atoms with Crippen LogP contribution in [0.3, 0.4) is 0 Å². The minimum absolute atomic E-state index is 0.125. The first kappa shape index (κ1) is 18.9. The molecule has 2 heterocycles. The van der Waals surface area contributed by atoms with E-state index < -0.39 is 10.0 Å². The van der Waals surface area contributed by atoms with Crippen LogP contribution in [0.1, 0.15) is 5.56 Å². The molecule has 0 radical (unpaired) electrons. The van der Waals surface area contributed by atoms with E-state index >= 15 is 0 Å². The molecule has 0 amide bonds. The zero-order valence-corrected chi connectivity index (χ0v) is 16.6. The molecule has 2 aromatic heterocycles. The molecule has 0 unspecified atom stereocenters. The Balaban J connectivity index is 2.03. The molecule has 3 N–H and O–H groups in total. The lowest BCUT2D eigenvalue weighted by Gasteiger charge is -2.20. The third kappa shape index (κ3) is 3.09. The molecule has 9 heteroatoms. The lowest BCUT2D eigenvalue weighted by atomic mass is 10.1. The van der Waals surface area contributed by atoms with Gasteiger partial charge in [0.05, 0.1) is 23.9 Å². The van der Waals surface area contributed by atoms with Crippen molar-refractivity contribution < 1.29 is 23.7 Å². The highest BCUT2D eigenvalue weighted by molar-refractivity contribution is 7.92. The Kier molecular flexibility index (Phi) is 4.27. The zero-order valence-electron chi connectivity index (χ0n) is 15.7. The maximum Gasteiger partial charge on any atom is 0.232 e. The topological polar surface area (TPSA) is 116 Å². The minimum Gasteiger partial charge on any atom is -0.508 e. The second kappa shape index (κ2) is 6.56. The van der Waals surface area contributed by atoms with Gasteiger partial charge in [-0.15, -0.1) is 0 Å². The summed E-state index contributed by atoms with van der Waals surface area (Å²) in [6, 6.07) is 9.82. The fourth-order valence-corrected chi connectivity index (χ4v) is 3.96. The van der Waals surface area contributed by atoms with Crippen LogP contribution in [0.15, 0.2) is 48.8 Å². The van der Waals surface area contributed by atoms with E-state index in [9.17, 15) is 23.7 Å². The number of aromatic hydroxyl groups is 3. The number of anilines is 1. The summed E-state index contributed by atoms with van der Waals surface area (Å²) in [5, 5.41) is 32.0. The van der Waals surface area contributed by atoms with Crippen molar-refractivity contribution in [3.05, 3.63) is 54.4 Å². The van der Waals surface area contributed by atoms with Crippen LogP contribution in [-0.2, 0) is 16.6 Å². The van der Waals surface area contributed by atoms with Gasteiger partial charge in [0.1, 0.15) is 11.3 Å². The molecule has 150 valence electrons. The minimum atomic E-state index is -3.61. The van der Waals surface area contributed by atoms with Crippen LogP contribution in [0, 0.1) is 0 Å². The fourth-order valence-electron chi connectivity index (χ4n) is 3.43. The first-order chi connectivity index (χ1) is 13.7. The van der Waals surface area contributed by atoms with Gasteiger partial charge >= 0.3 is 0 Å². The summed E-state index contributed by atoms with van der Waals surface area (Å²) >= 11 is 0. The van der Waals surface area contributed by atoms with Crippen LogP contribution in [0.2, 0.25) is 0 Å². The van der Waals surface area contributed by atoms with Crippen molar-refractivity contribution in [1.29, 1.82) is 0 Å². The van der Waals surface area contributed by atoms with Crippen molar-refractivity contribution in [2.75, 3.05) is 17.6 Å². The standard InChI is InChI=1S/C20H19N3O5S/c1-22(29(2,27)28)18-14-4-3-9-21-17(14)19(25)16-15(18)11-23(20(16)26)10-12-5-7-13(24)8-6-12/h3-9,11,24-26H,10H2,1-2H3. The van der Waals surface area contributed by atoms with E-state index in [-0.39, 0.29) is 34.8 Å². The van der Waals surface area contributed by atoms with Crippen molar-refractivity contribution in [2.24, 2.45) is 0 Å². The lowest BCUT2D eigenvalue weighted by Crippen LogP contribution is -2.25. The molecule has 0 aliphatic carbocycles. The summed E-state index contributed by atoms with van der Waals surface area (Å²) in [5.74, 6) is -0.299. The first-order valence-electron chi connectivity index (χ1n) is 8.71. The molecule has 4 aromatic rings. The van der Waals surface area contributed by atoms with Gasteiger partial charge in [0, 0.05) is 30.2 Å². The van der Waals surface area contributed by atoms with Crippen molar-refractivity contribution in [3.63, 3.8) is 0 Å².